The number of amides is 1. The van der Waals surface area contributed by atoms with Gasteiger partial charge >= 0.3 is 0 Å². The van der Waals surface area contributed by atoms with Crippen LogP contribution in [-0.4, -0.2) is 46.3 Å². The zero-order chi connectivity index (χ0) is 19.0. The molecule has 144 valence electrons. The molecule has 0 N–H and O–H groups in total. The van der Waals surface area contributed by atoms with Crippen LogP contribution in [0.15, 0.2) is 30.5 Å². The summed E-state index contributed by atoms with van der Waals surface area (Å²) in [6, 6.07) is 7.91. The highest BCUT2D eigenvalue weighted by atomic mass is 16.5. The smallest absolute Gasteiger partial charge is 0.241 e. The first kappa shape index (κ1) is 18.0. The van der Waals surface area contributed by atoms with Crippen molar-refractivity contribution in [3.05, 3.63) is 41.7 Å². The number of ether oxygens (including phenoxy) is 1. The molecule has 0 unspecified atom stereocenters. The summed E-state index contributed by atoms with van der Waals surface area (Å²) in [5.41, 5.74) is 3.26. The summed E-state index contributed by atoms with van der Waals surface area (Å²) in [6.07, 6.45) is 6.41. The summed E-state index contributed by atoms with van der Waals surface area (Å²) in [4.78, 5) is 17.6. The van der Waals surface area contributed by atoms with Gasteiger partial charge in [-0.2, -0.15) is 5.10 Å². The van der Waals surface area contributed by atoms with Crippen LogP contribution >= 0.6 is 0 Å². The number of anilines is 1. The highest BCUT2D eigenvalue weighted by Gasteiger charge is 2.47. The predicted molar refractivity (Wildman–Crippen MR) is 105 cm³/mol. The molecule has 2 aliphatic rings. The molecule has 27 heavy (non-hydrogen) atoms. The third-order valence-corrected chi connectivity index (χ3v) is 6.20. The van der Waals surface area contributed by atoms with Crippen molar-refractivity contribution in [2.75, 3.05) is 25.1 Å². The normalized spacial score (nSPS) is 19.8. The molecular weight excluding hydrogens is 340 g/mol. The lowest BCUT2D eigenvalue weighted by molar-refractivity contribution is -0.124. The van der Waals surface area contributed by atoms with E-state index in [0.29, 0.717) is 6.54 Å². The number of piperazine rings is 1. The Bertz CT molecular complexity index is 821. The standard InChI is InChI=1S/C21H28N4O2/c1-16-17(12-22-23(16)2)13-24-14-20(26)25(21(15-24)10-4-5-11-21)18-6-8-19(27-3)9-7-18/h6-9,12H,4-5,10-11,13-15H2,1-3H3. The van der Waals surface area contributed by atoms with Gasteiger partial charge < -0.3 is 9.64 Å². The van der Waals surface area contributed by atoms with Crippen molar-refractivity contribution < 1.29 is 9.53 Å². The second kappa shape index (κ2) is 7.00. The Hall–Kier alpha value is -2.34. The first-order valence-electron chi connectivity index (χ1n) is 9.69. The van der Waals surface area contributed by atoms with Crippen LogP contribution in [0.3, 0.4) is 0 Å². The number of carbonyl (C=O) groups is 1. The van der Waals surface area contributed by atoms with Crippen molar-refractivity contribution in [2.24, 2.45) is 7.05 Å². The second-order valence-electron chi connectivity index (χ2n) is 7.88. The monoisotopic (exact) mass is 368 g/mol. The molecule has 1 aliphatic heterocycles. The van der Waals surface area contributed by atoms with Gasteiger partial charge in [-0.3, -0.25) is 14.4 Å². The fraction of sp³-hybridized carbons (Fsp3) is 0.524. The summed E-state index contributed by atoms with van der Waals surface area (Å²) >= 11 is 0. The molecule has 2 aromatic rings. The van der Waals surface area contributed by atoms with Gasteiger partial charge in [0.25, 0.3) is 0 Å². The number of benzene rings is 1. The molecule has 1 amide bonds. The van der Waals surface area contributed by atoms with Crippen LogP contribution in [0.25, 0.3) is 0 Å². The summed E-state index contributed by atoms with van der Waals surface area (Å²) in [5.74, 6) is 1.01. The maximum absolute atomic E-state index is 13.2. The molecule has 1 saturated heterocycles. The Labute approximate surface area is 160 Å². The third-order valence-electron chi connectivity index (χ3n) is 6.20. The molecule has 1 saturated carbocycles. The SMILES string of the molecule is COc1ccc(N2C(=O)CN(Cc3cnn(C)c3C)CC23CCCC3)cc1. The molecule has 4 rings (SSSR count). The number of aryl methyl sites for hydroxylation is 1. The van der Waals surface area contributed by atoms with Gasteiger partial charge in [0, 0.05) is 37.1 Å². The van der Waals surface area contributed by atoms with E-state index in [1.807, 2.05) is 42.2 Å². The van der Waals surface area contributed by atoms with E-state index in [1.165, 1.54) is 24.1 Å². The molecule has 0 radical (unpaired) electrons. The van der Waals surface area contributed by atoms with Gasteiger partial charge in [-0.25, -0.2) is 0 Å². The molecule has 6 heteroatoms. The van der Waals surface area contributed by atoms with Gasteiger partial charge in [-0.05, 0) is 44.0 Å². The molecule has 1 aromatic heterocycles. The van der Waals surface area contributed by atoms with Crippen LogP contribution < -0.4 is 9.64 Å². The average Bonchev–Trinajstić information content (AvgIpc) is 3.24. The number of rotatable bonds is 4. The van der Waals surface area contributed by atoms with Gasteiger partial charge in [-0.1, -0.05) is 12.8 Å². The number of hydrogen-bond acceptors (Lipinski definition) is 4. The highest BCUT2D eigenvalue weighted by molar-refractivity contribution is 5.97. The maximum Gasteiger partial charge on any atom is 0.241 e. The van der Waals surface area contributed by atoms with E-state index in [1.54, 1.807) is 7.11 Å². The van der Waals surface area contributed by atoms with E-state index in [9.17, 15) is 4.79 Å². The lowest BCUT2D eigenvalue weighted by atomic mass is 9.90. The molecule has 1 spiro atoms. The Kier molecular flexibility index (Phi) is 4.68. The van der Waals surface area contributed by atoms with Crippen molar-refractivity contribution in [3.8, 4) is 5.75 Å². The molecule has 0 bridgehead atoms. The molecule has 2 heterocycles. The number of hydrogen-bond donors (Lipinski definition) is 0. The van der Waals surface area contributed by atoms with Crippen LogP contribution in [0.1, 0.15) is 36.9 Å². The van der Waals surface area contributed by atoms with Crippen LogP contribution in [-0.2, 0) is 18.4 Å². The summed E-state index contributed by atoms with van der Waals surface area (Å²) < 4.78 is 7.18. The largest absolute Gasteiger partial charge is 0.497 e. The molecular formula is C21H28N4O2. The van der Waals surface area contributed by atoms with Crippen molar-refractivity contribution >= 4 is 11.6 Å². The van der Waals surface area contributed by atoms with Gasteiger partial charge in [0.05, 0.1) is 25.4 Å². The molecule has 6 nitrogen and oxygen atoms in total. The Balaban J connectivity index is 1.61. The van der Waals surface area contributed by atoms with E-state index in [2.05, 4.69) is 21.8 Å². The topological polar surface area (TPSA) is 50.6 Å². The molecule has 2 fully saturated rings. The maximum atomic E-state index is 13.2. The first-order chi connectivity index (χ1) is 13.0. The second-order valence-corrected chi connectivity index (χ2v) is 7.88. The van der Waals surface area contributed by atoms with Crippen LogP contribution in [0.5, 0.6) is 5.75 Å². The minimum atomic E-state index is -0.0972. The number of aromatic nitrogens is 2. The number of nitrogens with zero attached hydrogens (tertiary/aromatic N) is 4. The Morgan fingerprint density at radius 2 is 1.89 bits per heavy atom. The predicted octanol–water partition coefficient (Wildman–Crippen LogP) is 2.90. The lowest BCUT2D eigenvalue weighted by Gasteiger charge is -2.49. The number of methoxy groups -OCH3 is 1. The van der Waals surface area contributed by atoms with Crippen molar-refractivity contribution in [3.63, 3.8) is 0 Å². The highest BCUT2D eigenvalue weighted by Crippen LogP contribution is 2.41. The van der Waals surface area contributed by atoms with Crippen LogP contribution in [0, 0.1) is 6.92 Å². The summed E-state index contributed by atoms with van der Waals surface area (Å²) in [5, 5.41) is 4.35. The van der Waals surface area contributed by atoms with E-state index in [0.717, 1.165) is 37.4 Å². The van der Waals surface area contributed by atoms with Crippen molar-refractivity contribution in [1.29, 1.82) is 0 Å². The van der Waals surface area contributed by atoms with E-state index < -0.39 is 0 Å². The minimum absolute atomic E-state index is 0.0972. The molecule has 1 aliphatic carbocycles. The zero-order valence-corrected chi connectivity index (χ0v) is 16.4. The van der Waals surface area contributed by atoms with Crippen molar-refractivity contribution in [1.82, 2.24) is 14.7 Å². The number of carbonyl (C=O) groups excluding carboxylic acids is 1. The quantitative estimate of drug-likeness (QED) is 0.833. The van der Waals surface area contributed by atoms with E-state index in [-0.39, 0.29) is 11.4 Å². The fourth-order valence-corrected chi connectivity index (χ4v) is 4.69. The van der Waals surface area contributed by atoms with Gasteiger partial charge in [0.2, 0.25) is 5.91 Å². The Morgan fingerprint density at radius 3 is 2.48 bits per heavy atom. The Morgan fingerprint density at radius 1 is 1.19 bits per heavy atom. The lowest BCUT2D eigenvalue weighted by Crippen LogP contribution is -2.63. The van der Waals surface area contributed by atoms with Gasteiger partial charge in [-0.15, -0.1) is 0 Å². The van der Waals surface area contributed by atoms with E-state index >= 15 is 0 Å². The van der Waals surface area contributed by atoms with Gasteiger partial charge in [0.1, 0.15) is 5.75 Å². The van der Waals surface area contributed by atoms with E-state index in [4.69, 9.17) is 4.74 Å². The fourth-order valence-electron chi connectivity index (χ4n) is 4.69. The minimum Gasteiger partial charge on any atom is -0.497 e. The zero-order valence-electron chi connectivity index (χ0n) is 16.4. The first-order valence-corrected chi connectivity index (χ1v) is 9.69. The molecule has 1 aromatic carbocycles. The summed E-state index contributed by atoms with van der Waals surface area (Å²) in [7, 11) is 3.63. The third kappa shape index (κ3) is 3.23. The summed E-state index contributed by atoms with van der Waals surface area (Å²) in [6.45, 7) is 4.23. The molecule has 0 atom stereocenters. The van der Waals surface area contributed by atoms with Crippen LogP contribution in [0.4, 0.5) is 5.69 Å². The average molecular weight is 368 g/mol. The van der Waals surface area contributed by atoms with Crippen molar-refractivity contribution in [2.45, 2.75) is 44.7 Å². The van der Waals surface area contributed by atoms with Crippen LogP contribution in [0.2, 0.25) is 0 Å². The van der Waals surface area contributed by atoms with Gasteiger partial charge in [0.15, 0.2) is 0 Å².